The Hall–Kier alpha value is -1.39. The number of nitrogens with one attached hydrogen (secondary N) is 1. The van der Waals surface area contributed by atoms with Gasteiger partial charge < -0.3 is 10.2 Å². The van der Waals surface area contributed by atoms with Crippen LogP contribution in [0.2, 0.25) is 0 Å². The van der Waals surface area contributed by atoms with Crippen LogP contribution in [0.15, 0.2) is 24.3 Å². The highest BCUT2D eigenvalue weighted by Crippen LogP contribution is 2.25. The second-order valence-electron chi connectivity index (χ2n) is 6.61. The Balaban J connectivity index is 1.49. The lowest BCUT2D eigenvalue weighted by atomic mass is 10.0. The minimum Gasteiger partial charge on any atom is -0.340 e. The Labute approximate surface area is 127 Å². The number of aryl methyl sites for hydroxylation is 1. The molecule has 4 nitrogen and oxygen atoms in total. The third-order valence-electron chi connectivity index (χ3n) is 4.79. The van der Waals surface area contributed by atoms with Crippen LogP contribution in [0.3, 0.4) is 0 Å². The zero-order chi connectivity index (χ0) is 14.8. The average molecular weight is 287 g/mol. The van der Waals surface area contributed by atoms with Crippen molar-refractivity contribution in [1.82, 2.24) is 15.1 Å². The molecule has 0 radical (unpaired) electrons. The molecular formula is C17H25N3O. The molecule has 4 heteroatoms. The number of carbonyl (C=O) groups excluding carboxylic acids is 1. The standard InChI is InChI=1S/C17H25N3O/c1-13-3-5-14(6-4-13)9-19(2)17(21)12-20-10-15-7-18-8-16(15)11-20/h3-6,15-16,18H,7-12H2,1-2H3. The summed E-state index contributed by atoms with van der Waals surface area (Å²) in [4.78, 5) is 16.5. The van der Waals surface area contributed by atoms with Gasteiger partial charge in [0, 0.05) is 26.7 Å². The molecule has 114 valence electrons. The van der Waals surface area contributed by atoms with E-state index in [4.69, 9.17) is 0 Å². The van der Waals surface area contributed by atoms with Crippen LogP contribution in [0.1, 0.15) is 11.1 Å². The van der Waals surface area contributed by atoms with E-state index in [0.717, 1.165) is 38.0 Å². The lowest BCUT2D eigenvalue weighted by Crippen LogP contribution is -2.38. The maximum atomic E-state index is 12.4. The van der Waals surface area contributed by atoms with Crippen LogP contribution in [0.5, 0.6) is 0 Å². The molecule has 0 aromatic heterocycles. The molecule has 1 N–H and O–H groups in total. The van der Waals surface area contributed by atoms with Crippen molar-refractivity contribution < 1.29 is 4.79 Å². The second kappa shape index (κ2) is 6.16. The first-order chi connectivity index (χ1) is 10.1. The monoisotopic (exact) mass is 287 g/mol. The summed E-state index contributed by atoms with van der Waals surface area (Å²) in [7, 11) is 1.90. The summed E-state index contributed by atoms with van der Waals surface area (Å²) < 4.78 is 0. The van der Waals surface area contributed by atoms with Crippen molar-refractivity contribution in [3.63, 3.8) is 0 Å². The molecule has 2 aliphatic rings. The van der Waals surface area contributed by atoms with Gasteiger partial charge in [-0.05, 0) is 37.4 Å². The quantitative estimate of drug-likeness (QED) is 0.901. The first-order valence-electron chi connectivity index (χ1n) is 7.84. The molecule has 0 spiro atoms. The van der Waals surface area contributed by atoms with Gasteiger partial charge in [0.05, 0.1) is 6.54 Å². The Kier molecular flexibility index (Phi) is 4.27. The van der Waals surface area contributed by atoms with Gasteiger partial charge in [0.2, 0.25) is 5.91 Å². The van der Waals surface area contributed by atoms with Crippen LogP contribution >= 0.6 is 0 Å². The normalized spacial score (nSPS) is 25.0. The van der Waals surface area contributed by atoms with Crippen molar-refractivity contribution in [2.45, 2.75) is 13.5 Å². The molecule has 21 heavy (non-hydrogen) atoms. The summed E-state index contributed by atoms with van der Waals surface area (Å²) in [5.74, 6) is 1.73. The van der Waals surface area contributed by atoms with E-state index in [9.17, 15) is 4.79 Å². The highest BCUT2D eigenvalue weighted by atomic mass is 16.2. The van der Waals surface area contributed by atoms with Crippen LogP contribution in [-0.2, 0) is 11.3 Å². The zero-order valence-corrected chi connectivity index (χ0v) is 13.0. The van der Waals surface area contributed by atoms with Gasteiger partial charge in [-0.1, -0.05) is 29.8 Å². The van der Waals surface area contributed by atoms with E-state index in [1.807, 2.05) is 11.9 Å². The number of likely N-dealkylation sites (tertiary alicyclic amines) is 1. The summed E-state index contributed by atoms with van der Waals surface area (Å²) in [6, 6.07) is 8.40. The van der Waals surface area contributed by atoms with Gasteiger partial charge in [-0.15, -0.1) is 0 Å². The minimum absolute atomic E-state index is 0.225. The predicted molar refractivity (Wildman–Crippen MR) is 83.9 cm³/mol. The third kappa shape index (κ3) is 3.44. The molecule has 2 fully saturated rings. The molecule has 0 saturated carbocycles. The van der Waals surface area contributed by atoms with Crippen molar-refractivity contribution in [2.24, 2.45) is 11.8 Å². The lowest BCUT2D eigenvalue weighted by Gasteiger charge is -2.22. The van der Waals surface area contributed by atoms with E-state index in [1.54, 1.807) is 0 Å². The Morgan fingerprint density at radius 1 is 1.24 bits per heavy atom. The van der Waals surface area contributed by atoms with E-state index in [1.165, 1.54) is 11.1 Å². The molecule has 2 heterocycles. The van der Waals surface area contributed by atoms with Gasteiger partial charge in [0.25, 0.3) is 0 Å². The fraction of sp³-hybridized carbons (Fsp3) is 0.588. The van der Waals surface area contributed by atoms with Gasteiger partial charge in [-0.25, -0.2) is 0 Å². The molecule has 1 amide bonds. The third-order valence-corrected chi connectivity index (χ3v) is 4.79. The molecule has 3 rings (SSSR count). The number of nitrogens with zero attached hydrogens (tertiary/aromatic N) is 2. The smallest absolute Gasteiger partial charge is 0.236 e. The molecule has 2 unspecified atom stereocenters. The van der Waals surface area contributed by atoms with Gasteiger partial charge in [-0.3, -0.25) is 9.69 Å². The average Bonchev–Trinajstić information content (AvgIpc) is 3.02. The van der Waals surface area contributed by atoms with Crippen molar-refractivity contribution in [2.75, 3.05) is 39.8 Å². The second-order valence-corrected chi connectivity index (χ2v) is 6.61. The van der Waals surface area contributed by atoms with Gasteiger partial charge >= 0.3 is 0 Å². The topological polar surface area (TPSA) is 35.6 Å². The highest BCUT2D eigenvalue weighted by Gasteiger charge is 2.36. The van der Waals surface area contributed by atoms with Crippen LogP contribution in [0.4, 0.5) is 0 Å². The van der Waals surface area contributed by atoms with Crippen LogP contribution < -0.4 is 5.32 Å². The SMILES string of the molecule is Cc1ccc(CN(C)C(=O)CN2CC3CNCC3C2)cc1. The Morgan fingerprint density at radius 3 is 2.48 bits per heavy atom. The minimum atomic E-state index is 0.225. The van der Waals surface area contributed by atoms with E-state index >= 15 is 0 Å². The number of amides is 1. The summed E-state index contributed by atoms with van der Waals surface area (Å²) in [5, 5.41) is 3.44. The van der Waals surface area contributed by atoms with E-state index in [2.05, 4.69) is 41.4 Å². The lowest BCUT2D eigenvalue weighted by molar-refractivity contribution is -0.131. The summed E-state index contributed by atoms with van der Waals surface area (Å²) in [5.41, 5.74) is 2.45. The van der Waals surface area contributed by atoms with Gasteiger partial charge in [-0.2, -0.15) is 0 Å². The molecule has 2 aliphatic heterocycles. The summed E-state index contributed by atoms with van der Waals surface area (Å²) in [6.45, 7) is 7.72. The number of hydrogen-bond donors (Lipinski definition) is 1. The Bertz CT molecular complexity index is 487. The molecular weight excluding hydrogens is 262 g/mol. The van der Waals surface area contributed by atoms with Crippen LogP contribution in [0, 0.1) is 18.8 Å². The molecule has 2 saturated heterocycles. The predicted octanol–water partition coefficient (Wildman–Crippen LogP) is 1.10. The maximum Gasteiger partial charge on any atom is 0.236 e. The number of hydrogen-bond acceptors (Lipinski definition) is 3. The van der Waals surface area contributed by atoms with E-state index in [0.29, 0.717) is 13.1 Å². The van der Waals surface area contributed by atoms with Crippen LogP contribution in [-0.4, -0.2) is 55.5 Å². The van der Waals surface area contributed by atoms with E-state index < -0.39 is 0 Å². The zero-order valence-electron chi connectivity index (χ0n) is 13.0. The number of likely N-dealkylation sites (N-methyl/N-ethyl adjacent to an activating group) is 1. The van der Waals surface area contributed by atoms with Crippen molar-refractivity contribution >= 4 is 5.91 Å². The first-order valence-corrected chi connectivity index (χ1v) is 7.84. The molecule has 2 atom stereocenters. The van der Waals surface area contributed by atoms with Crippen LogP contribution in [0.25, 0.3) is 0 Å². The fourth-order valence-electron chi connectivity index (χ4n) is 3.45. The molecule has 1 aromatic rings. The first kappa shape index (κ1) is 14.5. The van der Waals surface area contributed by atoms with Crippen molar-refractivity contribution in [3.05, 3.63) is 35.4 Å². The molecule has 1 aromatic carbocycles. The van der Waals surface area contributed by atoms with Gasteiger partial charge in [0.15, 0.2) is 0 Å². The highest BCUT2D eigenvalue weighted by molar-refractivity contribution is 5.78. The number of fused-ring (bicyclic) bond motifs is 1. The van der Waals surface area contributed by atoms with E-state index in [-0.39, 0.29) is 5.91 Å². The summed E-state index contributed by atoms with van der Waals surface area (Å²) in [6.07, 6.45) is 0. The molecule has 0 aliphatic carbocycles. The van der Waals surface area contributed by atoms with Crippen molar-refractivity contribution in [1.29, 1.82) is 0 Å². The Morgan fingerprint density at radius 2 is 1.86 bits per heavy atom. The number of carbonyl (C=O) groups is 1. The largest absolute Gasteiger partial charge is 0.340 e. The number of benzene rings is 1. The summed E-state index contributed by atoms with van der Waals surface area (Å²) >= 11 is 0. The number of rotatable bonds is 4. The van der Waals surface area contributed by atoms with Gasteiger partial charge in [0.1, 0.15) is 0 Å². The maximum absolute atomic E-state index is 12.4. The van der Waals surface area contributed by atoms with Crippen molar-refractivity contribution in [3.8, 4) is 0 Å². The molecule has 0 bridgehead atoms. The fourth-order valence-corrected chi connectivity index (χ4v) is 3.45.